The predicted molar refractivity (Wildman–Crippen MR) is 74.9 cm³/mol. The molecule has 1 aromatic heterocycles. The van der Waals surface area contributed by atoms with Gasteiger partial charge in [0.25, 0.3) is 5.91 Å². The summed E-state index contributed by atoms with van der Waals surface area (Å²) in [6, 6.07) is 2.52. The molecule has 2 heterocycles. The molecule has 1 unspecified atom stereocenters. The molecule has 2 amide bonds. The van der Waals surface area contributed by atoms with E-state index in [2.05, 4.69) is 5.32 Å². The zero-order chi connectivity index (χ0) is 14.7. The first-order valence-electron chi connectivity index (χ1n) is 6.40. The number of carboxylic acids is 1. The van der Waals surface area contributed by atoms with Gasteiger partial charge in [0.1, 0.15) is 6.04 Å². The Hall–Kier alpha value is -1.89. The van der Waals surface area contributed by atoms with Crippen molar-refractivity contribution in [2.24, 2.45) is 0 Å². The predicted octanol–water partition coefficient (Wildman–Crippen LogP) is 1.79. The van der Waals surface area contributed by atoms with Crippen molar-refractivity contribution in [1.29, 1.82) is 0 Å². The number of piperidine rings is 1. The second kappa shape index (κ2) is 6.04. The highest BCUT2D eigenvalue weighted by molar-refractivity contribution is 7.18. The second-order valence-electron chi connectivity index (χ2n) is 4.69. The number of carbonyl (C=O) groups is 3. The summed E-state index contributed by atoms with van der Waals surface area (Å²) in [4.78, 5) is 36.4. The van der Waals surface area contributed by atoms with E-state index < -0.39 is 12.0 Å². The Labute approximate surface area is 120 Å². The van der Waals surface area contributed by atoms with Gasteiger partial charge in [0, 0.05) is 13.5 Å². The molecule has 0 aromatic carbocycles. The van der Waals surface area contributed by atoms with Gasteiger partial charge in [0.2, 0.25) is 5.91 Å². The minimum atomic E-state index is -0.961. The Morgan fingerprint density at radius 3 is 2.75 bits per heavy atom. The van der Waals surface area contributed by atoms with Crippen LogP contribution in [0.1, 0.15) is 35.9 Å². The van der Waals surface area contributed by atoms with Crippen molar-refractivity contribution in [3.8, 4) is 0 Å². The lowest BCUT2D eigenvalue weighted by atomic mass is 10.0. The third-order valence-corrected chi connectivity index (χ3v) is 4.15. The lowest BCUT2D eigenvalue weighted by Gasteiger charge is -2.32. The fourth-order valence-corrected chi connectivity index (χ4v) is 3.17. The molecule has 0 saturated carbocycles. The standard InChI is InChI=1S/C13H16N2O4S/c1-8(16)14-11-6-5-10(20-11)12(17)15-7-3-2-4-9(15)13(18)19/h5-6,9H,2-4,7H2,1H3,(H,14,16)(H,18,19). The van der Waals surface area contributed by atoms with E-state index in [9.17, 15) is 19.5 Å². The first-order chi connectivity index (χ1) is 9.49. The van der Waals surface area contributed by atoms with E-state index in [1.54, 1.807) is 12.1 Å². The molecule has 108 valence electrons. The van der Waals surface area contributed by atoms with Gasteiger partial charge in [0.15, 0.2) is 0 Å². The second-order valence-corrected chi connectivity index (χ2v) is 5.78. The molecule has 1 saturated heterocycles. The first-order valence-corrected chi connectivity index (χ1v) is 7.22. The van der Waals surface area contributed by atoms with Gasteiger partial charge < -0.3 is 15.3 Å². The van der Waals surface area contributed by atoms with Gasteiger partial charge in [-0.25, -0.2) is 4.79 Å². The van der Waals surface area contributed by atoms with Crippen molar-refractivity contribution in [2.75, 3.05) is 11.9 Å². The summed E-state index contributed by atoms with van der Waals surface area (Å²) in [7, 11) is 0. The number of amides is 2. The third-order valence-electron chi connectivity index (χ3n) is 3.16. The Morgan fingerprint density at radius 1 is 1.35 bits per heavy atom. The van der Waals surface area contributed by atoms with Crippen molar-refractivity contribution in [2.45, 2.75) is 32.2 Å². The van der Waals surface area contributed by atoms with E-state index in [0.29, 0.717) is 22.8 Å². The van der Waals surface area contributed by atoms with Crippen LogP contribution < -0.4 is 5.32 Å². The number of carbonyl (C=O) groups excluding carboxylic acids is 2. The Kier molecular flexibility index (Phi) is 4.39. The fourth-order valence-electron chi connectivity index (χ4n) is 2.27. The highest BCUT2D eigenvalue weighted by atomic mass is 32.1. The molecule has 0 radical (unpaired) electrons. The van der Waals surface area contributed by atoms with Crippen molar-refractivity contribution >= 4 is 34.1 Å². The van der Waals surface area contributed by atoms with Crippen LogP contribution in [0.4, 0.5) is 5.00 Å². The van der Waals surface area contributed by atoms with Gasteiger partial charge in [-0.2, -0.15) is 0 Å². The minimum Gasteiger partial charge on any atom is -0.480 e. The summed E-state index contributed by atoms with van der Waals surface area (Å²) in [6.45, 7) is 1.86. The Bertz CT molecular complexity index is 540. The fraction of sp³-hybridized carbons (Fsp3) is 0.462. The molecule has 0 aliphatic carbocycles. The number of aliphatic carboxylic acids is 1. The van der Waals surface area contributed by atoms with Gasteiger partial charge in [-0.3, -0.25) is 9.59 Å². The SMILES string of the molecule is CC(=O)Nc1ccc(C(=O)N2CCCCC2C(=O)O)s1. The number of hydrogen-bond acceptors (Lipinski definition) is 4. The average Bonchev–Trinajstić information content (AvgIpc) is 2.85. The van der Waals surface area contributed by atoms with Crippen molar-refractivity contribution in [3.63, 3.8) is 0 Å². The molecule has 0 bridgehead atoms. The molecule has 7 heteroatoms. The van der Waals surface area contributed by atoms with Crippen LogP contribution in [-0.4, -0.2) is 40.4 Å². The van der Waals surface area contributed by atoms with Gasteiger partial charge in [-0.1, -0.05) is 0 Å². The van der Waals surface area contributed by atoms with Gasteiger partial charge in [0.05, 0.1) is 9.88 Å². The number of nitrogens with one attached hydrogen (secondary N) is 1. The van der Waals surface area contributed by atoms with Crippen molar-refractivity contribution < 1.29 is 19.5 Å². The third kappa shape index (κ3) is 3.16. The van der Waals surface area contributed by atoms with Crippen LogP contribution in [0.5, 0.6) is 0 Å². The van der Waals surface area contributed by atoms with E-state index in [1.807, 2.05) is 0 Å². The van der Waals surface area contributed by atoms with Gasteiger partial charge >= 0.3 is 5.97 Å². The number of carboxylic acid groups (broad SMARTS) is 1. The molecule has 0 spiro atoms. The van der Waals surface area contributed by atoms with E-state index in [1.165, 1.54) is 11.8 Å². The molecule has 1 atom stereocenters. The number of likely N-dealkylation sites (tertiary alicyclic amines) is 1. The molecule has 1 aliphatic heterocycles. The normalized spacial score (nSPS) is 18.6. The number of rotatable bonds is 3. The molecule has 1 aliphatic rings. The molecule has 2 N–H and O–H groups in total. The van der Waals surface area contributed by atoms with Crippen LogP contribution >= 0.6 is 11.3 Å². The van der Waals surface area contributed by atoms with Crippen molar-refractivity contribution in [3.05, 3.63) is 17.0 Å². The highest BCUT2D eigenvalue weighted by Gasteiger charge is 2.32. The molecule has 1 fully saturated rings. The summed E-state index contributed by atoms with van der Waals surface area (Å²) in [5.41, 5.74) is 0. The van der Waals surface area contributed by atoms with Gasteiger partial charge in [-0.05, 0) is 31.4 Å². The number of hydrogen-bond donors (Lipinski definition) is 2. The van der Waals surface area contributed by atoms with Crippen LogP contribution in [-0.2, 0) is 9.59 Å². The molecule has 20 heavy (non-hydrogen) atoms. The minimum absolute atomic E-state index is 0.202. The monoisotopic (exact) mass is 296 g/mol. The summed E-state index contributed by atoms with van der Waals surface area (Å²) in [5.74, 6) is -1.44. The molecular weight excluding hydrogens is 280 g/mol. The number of nitrogens with zero attached hydrogens (tertiary/aromatic N) is 1. The Balaban J connectivity index is 2.14. The molecule has 2 rings (SSSR count). The van der Waals surface area contributed by atoms with E-state index in [-0.39, 0.29) is 11.8 Å². The molecule has 6 nitrogen and oxygen atoms in total. The lowest BCUT2D eigenvalue weighted by Crippen LogP contribution is -2.47. The van der Waals surface area contributed by atoms with Crippen molar-refractivity contribution in [1.82, 2.24) is 4.90 Å². The number of thiophene rings is 1. The van der Waals surface area contributed by atoms with E-state index in [0.717, 1.165) is 24.2 Å². The van der Waals surface area contributed by atoms with E-state index >= 15 is 0 Å². The summed E-state index contributed by atoms with van der Waals surface area (Å²) in [6.07, 6.45) is 2.13. The number of anilines is 1. The van der Waals surface area contributed by atoms with Crippen LogP contribution in [0.3, 0.4) is 0 Å². The van der Waals surface area contributed by atoms with Crippen LogP contribution in [0.15, 0.2) is 12.1 Å². The lowest BCUT2D eigenvalue weighted by molar-refractivity contribution is -0.143. The maximum absolute atomic E-state index is 12.4. The summed E-state index contributed by atoms with van der Waals surface area (Å²) >= 11 is 1.16. The van der Waals surface area contributed by atoms with Crippen LogP contribution in [0, 0.1) is 0 Å². The highest BCUT2D eigenvalue weighted by Crippen LogP contribution is 2.26. The maximum atomic E-state index is 12.4. The topological polar surface area (TPSA) is 86.7 Å². The zero-order valence-electron chi connectivity index (χ0n) is 11.1. The smallest absolute Gasteiger partial charge is 0.326 e. The molecular formula is C13H16N2O4S. The first kappa shape index (κ1) is 14.5. The summed E-state index contributed by atoms with van der Waals surface area (Å²) in [5, 5.41) is 12.4. The average molecular weight is 296 g/mol. The quantitative estimate of drug-likeness (QED) is 0.890. The molecule has 1 aromatic rings. The Morgan fingerprint density at radius 2 is 2.10 bits per heavy atom. The van der Waals surface area contributed by atoms with E-state index in [4.69, 9.17) is 0 Å². The summed E-state index contributed by atoms with van der Waals surface area (Å²) < 4.78 is 0. The largest absolute Gasteiger partial charge is 0.480 e. The van der Waals surface area contributed by atoms with Gasteiger partial charge in [-0.15, -0.1) is 11.3 Å². The maximum Gasteiger partial charge on any atom is 0.326 e. The van der Waals surface area contributed by atoms with Crippen LogP contribution in [0.2, 0.25) is 0 Å². The van der Waals surface area contributed by atoms with Crippen LogP contribution in [0.25, 0.3) is 0 Å². The zero-order valence-corrected chi connectivity index (χ0v) is 11.9.